The van der Waals surface area contributed by atoms with Gasteiger partial charge in [-0.2, -0.15) is 5.10 Å². The first-order valence-corrected chi connectivity index (χ1v) is 11.1. The van der Waals surface area contributed by atoms with Crippen LogP contribution in [0.3, 0.4) is 0 Å². The van der Waals surface area contributed by atoms with Crippen molar-refractivity contribution in [3.8, 4) is 11.3 Å². The van der Waals surface area contributed by atoms with E-state index in [1.54, 1.807) is 42.5 Å². The number of thioether (sulfide) groups is 1. The van der Waals surface area contributed by atoms with Crippen LogP contribution in [0, 0.1) is 0 Å². The van der Waals surface area contributed by atoms with E-state index in [2.05, 4.69) is 20.8 Å². The molecule has 0 spiro atoms. The molecule has 0 unspecified atom stereocenters. The van der Waals surface area contributed by atoms with Gasteiger partial charge in [0, 0.05) is 27.7 Å². The Labute approximate surface area is 197 Å². The lowest BCUT2D eigenvalue weighted by Gasteiger charge is -2.07. The molecule has 1 saturated heterocycles. The summed E-state index contributed by atoms with van der Waals surface area (Å²) in [6.45, 7) is 0. The Morgan fingerprint density at radius 3 is 2.47 bits per heavy atom. The molecule has 0 aliphatic carbocycles. The maximum atomic E-state index is 12.2. The van der Waals surface area contributed by atoms with Crippen LogP contribution in [0.4, 0.5) is 5.69 Å². The largest absolute Gasteiger partial charge is 0.455 e. The van der Waals surface area contributed by atoms with Crippen LogP contribution in [0.2, 0.25) is 10.0 Å². The number of nitrogens with one attached hydrogen (secondary N) is 2. The van der Waals surface area contributed by atoms with Crippen molar-refractivity contribution in [3.63, 3.8) is 0 Å². The second-order valence-corrected chi connectivity index (χ2v) is 8.78. The van der Waals surface area contributed by atoms with Gasteiger partial charge in [0.1, 0.15) is 16.8 Å². The smallest absolute Gasteiger partial charge is 0.240 e. The van der Waals surface area contributed by atoms with E-state index in [1.165, 1.54) is 6.21 Å². The van der Waals surface area contributed by atoms with Gasteiger partial charge >= 0.3 is 0 Å². The Balaban J connectivity index is 1.32. The minimum Gasteiger partial charge on any atom is -0.455 e. The summed E-state index contributed by atoms with van der Waals surface area (Å²) in [5.74, 6) is 0.604. The van der Waals surface area contributed by atoms with E-state index < -0.39 is 5.25 Å². The van der Waals surface area contributed by atoms with Crippen molar-refractivity contribution in [1.29, 1.82) is 0 Å². The zero-order chi connectivity index (χ0) is 22.5. The number of hydrogen-bond acceptors (Lipinski definition) is 6. The monoisotopic (exact) mass is 486 g/mol. The van der Waals surface area contributed by atoms with Crippen molar-refractivity contribution in [2.75, 3.05) is 5.32 Å². The Bertz CT molecular complexity index is 1190. The molecule has 162 valence electrons. The van der Waals surface area contributed by atoms with Crippen molar-refractivity contribution < 1.29 is 14.0 Å². The second kappa shape index (κ2) is 10.0. The van der Waals surface area contributed by atoms with E-state index in [0.717, 1.165) is 17.3 Å². The molecule has 3 aromatic rings. The van der Waals surface area contributed by atoms with Crippen molar-refractivity contribution in [2.24, 2.45) is 10.2 Å². The number of amidine groups is 1. The van der Waals surface area contributed by atoms with Gasteiger partial charge in [0.05, 0.1) is 6.21 Å². The van der Waals surface area contributed by atoms with Gasteiger partial charge < -0.3 is 15.1 Å². The summed E-state index contributed by atoms with van der Waals surface area (Å²) < 4.78 is 5.72. The van der Waals surface area contributed by atoms with Crippen molar-refractivity contribution in [1.82, 2.24) is 5.32 Å². The van der Waals surface area contributed by atoms with E-state index in [1.807, 2.05) is 18.2 Å². The lowest BCUT2D eigenvalue weighted by Crippen LogP contribution is -2.28. The van der Waals surface area contributed by atoms with E-state index in [-0.39, 0.29) is 18.2 Å². The summed E-state index contributed by atoms with van der Waals surface area (Å²) in [4.78, 5) is 24.4. The number of carbonyl (C=O) groups excluding carboxylic acids is 2. The molecule has 2 amide bonds. The fourth-order valence-corrected chi connectivity index (χ4v) is 4.01. The minimum atomic E-state index is -0.587. The first-order chi connectivity index (χ1) is 15.5. The molecule has 32 heavy (non-hydrogen) atoms. The average Bonchev–Trinajstić information content (AvgIpc) is 3.37. The van der Waals surface area contributed by atoms with Crippen LogP contribution >= 0.6 is 35.0 Å². The number of amides is 2. The maximum Gasteiger partial charge on any atom is 0.240 e. The molecule has 1 aliphatic heterocycles. The van der Waals surface area contributed by atoms with Crippen LogP contribution in [-0.2, 0) is 9.59 Å². The molecule has 1 aliphatic rings. The fourth-order valence-electron chi connectivity index (χ4n) is 2.83. The van der Waals surface area contributed by atoms with Crippen LogP contribution in [-0.4, -0.2) is 28.4 Å². The molecule has 2 heterocycles. The molecule has 1 aromatic heterocycles. The van der Waals surface area contributed by atoms with Crippen LogP contribution < -0.4 is 10.6 Å². The molecule has 4 rings (SSSR count). The van der Waals surface area contributed by atoms with Gasteiger partial charge in [0.15, 0.2) is 5.17 Å². The molecule has 2 N–H and O–H groups in total. The quantitative estimate of drug-likeness (QED) is 0.369. The first-order valence-electron chi connectivity index (χ1n) is 9.46. The zero-order valence-electron chi connectivity index (χ0n) is 16.4. The molecule has 1 atom stereocenters. The number of carbonyl (C=O) groups is 2. The average molecular weight is 487 g/mol. The molecule has 2 aromatic carbocycles. The Morgan fingerprint density at radius 2 is 1.75 bits per heavy atom. The Morgan fingerprint density at radius 1 is 1.06 bits per heavy atom. The molecule has 10 heteroatoms. The van der Waals surface area contributed by atoms with E-state index in [4.69, 9.17) is 27.6 Å². The highest BCUT2D eigenvalue weighted by Gasteiger charge is 2.32. The number of halogens is 2. The highest BCUT2D eigenvalue weighted by molar-refractivity contribution is 8.15. The number of hydrogen-bond donors (Lipinski definition) is 2. The summed E-state index contributed by atoms with van der Waals surface area (Å²) in [5, 5.41) is 14.3. The molecular weight excluding hydrogens is 471 g/mol. The van der Waals surface area contributed by atoms with Crippen LogP contribution in [0.5, 0.6) is 0 Å². The van der Waals surface area contributed by atoms with Crippen molar-refractivity contribution in [3.05, 3.63) is 76.5 Å². The summed E-state index contributed by atoms with van der Waals surface area (Å²) in [6, 6.07) is 17.6. The maximum absolute atomic E-state index is 12.2. The Kier molecular flexibility index (Phi) is 6.94. The minimum absolute atomic E-state index is 0.00446. The topological polar surface area (TPSA) is 96.1 Å². The van der Waals surface area contributed by atoms with Gasteiger partial charge in [-0.1, -0.05) is 35.0 Å². The highest BCUT2D eigenvalue weighted by Crippen LogP contribution is 2.25. The Hall–Kier alpha value is -3.07. The highest BCUT2D eigenvalue weighted by atomic mass is 35.5. The predicted octanol–water partition coefficient (Wildman–Crippen LogP) is 5.20. The van der Waals surface area contributed by atoms with Gasteiger partial charge in [-0.3, -0.25) is 9.59 Å². The third-order valence-electron chi connectivity index (χ3n) is 4.36. The van der Waals surface area contributed by atoms with Crippen LogP contribution in [0.1, 0.15) is 12.2 Å². The van der Waals surface area contributed by atoms with Gasteiger partial charge in [-0.25, -0.2) is 0 Å². The number of nitrogens with zero attached hydrogens (tertiary/aromatic N) is 2. The molecule has 1 fully saturated rings. The third-order valence-corrected chi connectivity index (χ3v) is 5.94. The van der Waals surface area contributed by atoms with Gasteiger partial charge in [0.25, 0.3) is 0 Å². The number of rotatable bonds is 6. The number of benzene rings is 2. The van der Waals surface area contributed by atoms with Gasteiger partial charge in [0.2, 0.25) is 11.8 Å². The molecule has 7 nitrogen and oxygen atoms in total. The van der Waals surface area contributed by atoms with Crippen LogP contribution in [0.25, 0.3) is 11.3 Å². The molecule has 0 saturated carbocycles. The molecule has 0 bridgehead atoms. The van der Waals surface area contributed by atoms with Gasteiger partial charge in [-0.15, -0.1) is 5.10 Å². The summed E-state index contributed by atoms with van der Waals surface area (Å²) in [6.07, 6.45) is 1.45. The standard InChI is InChI=1S/C22H16Cl2N4O3S/c23-14-3-1-13(2-4-14)18-10-9-17(31-18)12-25-28-22-27-21(30)19(32-22)11-20(29)26-16-7-5-15(24)6-8-16/h1-10,12,19H,11H2,(H,26,29)(H,27,28,30)/b25-12-/t19-/m1/s1. The number of furan rings is 1. The summed E-state index contributed by atoms with van der Waals surface area (Å²) in [7, 11) is 0. The lowest BCUT2D eigenvalue weighted by atomic mass is 10.2. The molecule has 0 radical (unpaired) electrons. The SMILES string of the molecule is O=C(C[C@H]1S/C(=N\N=C/c2ccc(-c3ccc(Cl)cc3)o2)NC1=O)Nc1ccc(Cl)cc1. The van der Waals surface area contributed by atoms with Crippen molar-refractivity contribution in [2.45, 2.75) is 11.7 Å². The zero-order valence-corrected chi connectivity index (χ0v) is 18.7. The summed E-state index contributed by atoms with van der Waals surface area (Å²) >= 11 is 12.9. The van der Waals surface area contributed by atoms with Crippen LogP contribution in [0.15, 0.2) is 75.3 Å². The van der Waals surface area contributed by atoms with E-state index in [0.29, 0.717) is 32.4 Å². The van der Waals surface area contributed by atoms with E-state index >= 15 is 0 Å². The number of anilines is 1. The molecular formula is C22H16Cl2N4O3S. The summed E-state index contributed by atoms with van der Waals surface area (Å²) in [5.41, 5.74) is 1.50. The predicted molar refractivity (Wildman–Crippen MR) is 128 cm³/mol. The van der Waals surface area contributed by atoms with Gasteiger partial charge in [-0.05, 0) is 60.7 Å². The fraction of sp³-hybridized carbons (Fsp3) is 0.0909. The lowest BCUT2D eigenvalue weighted by molar-refractivity contribution is -0.122. The van der Waals surface area contributed by atoms with Crippen molar-refractivity contribution >= 4 is 63.8 Å². The first kappa shape index (κ1) is 22.1. The third kappa shape index (κ3) is 5.79. The van der Waals surface area contributed by atoms with E-state index in [9.17, 15) is 9.59 Å². The normalized spacial score (nSPS) is 17.1. The second-order valence-electron chi connectivity index (χ2n) is 6.71.